The number of carboxylic acid groups (broad SMARTS) is 1. The molecule has 0 spiro atoms. The topological polar surface area (TPSA) is 91.3 Å². The Morgan fingerprint density at radius 3 is 2.65 bits per heavy atom. The maximum Gasteiger partial charge on any atom is 0.354 e. The third kappa shape index (κ3) is 4.04. The number of urea groups is 1. The molecule has 0 saturated carbocycles. The van der Waals surface area contributed by atoms with Crippen molar-refractivity contribution >= 4 is 45.0 Å². The van der Waals surface area contributed by atoms with Gasteiger partial charge in [0.25, 0.3) is 0 Å². The molecular weight excluding hydrogens is 346 g/mol. The molecule has 0 aliphatic heterocycles. The van der Waals surface area contributed by atoms with Gasteiger partial charge in [0.1, 0.15) is 5.69 Å². The Morgan fingerprint density at radius 1 is 1.30 bits per heavy atom. The first-order chi connectivity index (χ1) is 9.54. The molecule has 104 valence electrons. The molecule has 0 aromatic carbocycles. The van der Waals surface area contributed by atoms with Gasteiger partial charge in [0.05, 0.1) is 22.2 Å². The first-order valence-electron chi connectivity index (χ1n) is 5.53. The minimum Gasteiger partial charge on any atom is -0.477 e. The van der Waals surface area contributed by atoms with Crippen LogP contribution in [0.3, 0.4) is 0 Å². The fraction of sp³-hybridized carbons (Fsp3) is 0.0833. The minimum absolute atomic E-state index is 0.0700. The van der Waals surface area contributed by atoms with Gasteiger partial charge in [-0.25, -0.2) is 14.6 Å². The third-order valence-electron chi connectivity index (χ3n) is 2.29. The molecule has 3 N–H and O–H groups in total. The van der Waals surface area contributed by atoms with Crippen LogP contribution in [0.2, 0.25) is 0 Å². The third-order valence-corrected chi connectivity index (χ3v) is 3.92. The highest BCUT2D eigenvalue weighted by Crippen LogP contribution is 2.21. The van der Waals surface area contributed by atoms with E-state index in [0.717, 1.165) is 8.66 Å². The molecule has 0 unspecified atom stereocenters. The predicted octanol–water partition coefficient (Wildman–Crippen LogP) is 2.93. The summed E-state index contributed by atoms with van der Waals surface area (Å²) in [5, 5.41) is 14.0. The number of aromatic carboxylic acids is 1. The average molecular weight is 356 g/mol. The summed E-state index contributed by atoms with van der Waals surface area (Å²) in [4.78, 5) is 27.0. The summed E-state index contributed by atoms with van der Waals surface area (Å²) in [5.41, 5.74) is 0.360. The number of halogens is 1. The summed E-state index contributed by atoms with van der Waals surface area (Å²) < 4.78 is 1.00. The smallest absolute Gasteiger partial charge is 0.354 e. The van der Waals surface area contributed by atoms with Gasteiger partial charge in [-0.15, -0.1) is 11.3 Å². The van der Waals surface area contributed by atoms with Crippen molar-refractivity contribution in [3.05, 3.63) is 44.8 Å². The lowest BCUT2D eigenvalue weighted by atomic mass is 10.3. The fourth-order valence-electron chi connectivity index (χ4n) is 1.38. The molecule has 0 radical (unpaired) electrons. The zero-order valence-electron chi connectivity index (χ0n) is 10.1. The molecule has 0 aliphatic rings. The summed E-state index contributed by atoms with van der Waals surface area (Å²) in [6.45, 7) is 0.419. The van der Waals surface area contributed by atoms with Gasteiger partial charge in [0, 0.05) is 4.88 Å². The van der Waals surface area contributed by atoms with Crippen LogP contribution in [0, 0.1) is 0 Å². The molecule has 8 heteroatoms. The Kier molecular flexibility index (Phi) is 4.70. The van der Waals surface area contributed by atoms with E-state index in [1.165, 1.54) is 29.7 Å². The number of carboxylic acids is 1. The van der Waals surface area contributed by atoms with Crippen LogP contribution in [0.4, 0.5) is 10.5 Å². The van der Waals surface area contributed by atoms with E-state index >= 15 is 0 Å². The first kappa shape index (κ1) is 14.5. The summed E-state index contributed by atoms with van der Waals surface area (Å²) in [6, 6.07) is 6.26. The molecule has 6 nitrogen and oxygen atoms in total. The van der Waals surface area contributed by atoms with E-state index in [1.807, 2.05) is 12.1 Å². The number of rotatable bonds is 4. The quantitative estimate of drug-likeness (QED) is 0.786. The van der Waals surface area contributed by atoms with Crippen molar-refractivity contribution in [3.8, 4) is 0 Å². The molecule has 2 amide bonds. The SMILES string of the molecule is O=C(NCc1ccc(Br)s1)Nc1ccc(C(=O)O)nc1. The molecule has 0 atom stereocenters. The number of amides is 2. The number of nitrogens with zero attached hydrogens (tertiary/aromatic N) is 1. The number of pyridine rings is 1. The van der Waals surface area contributed by atoms with E-state index in [1.54, 1.807) is 0 Å². The molecule has 0 saturated heterocycles. The minimum atomic E-state index is -1.11. The second-order valence-electron chi connectivity index (χ2n) is 3.75. The van der Waals surface area contributed by atoms with Crippen LogP contribution in [-0.2, 0) is 6.54 Å². The highest BCUT2D eigenvalue weighted by atomic mass is 79.9. The molecule has 2 heterocycles. The molecule has 2 aromatic heterocycles. The highest BCUT2D eigenvalue weighted by molar-refractivity contribution is 9.11. The Morgan fingerprint density at radius 2 is 2.10 bits per heavy atom. The van der Waals surface area contributed by atoms with Gasteiger partial charge >= 0.3 is 12.0 Å². The number of anilines is 1. The van der Waals surface area contributed by atoms with Crippen LogP contribution in [-0.4, -0.2) is 22.1 Å². The van der Waals surface area contributed by atoms with Gasteiger partial charge in [-0.05, 0) is 40.2 Å². The van der Waals surface area contributed by atoms with Crippen molar-refractivity contribution in [2.75, 3.05) is 5.32 Å². The lowest BCUT2D eigenvalue weighted by Gasteiger charge is -2.06. The number of thiophene rings is 1. The number of carbonyl (C=O) groups is 2. The summed E-state index contributed by atoms with van der Waals surface area (Å²) >= 11 is 4.88. The molecule has 2 rings (SSSR count). The zero-order valence-corrected chi connectivity index (χ0v) is 12.5. The normalized spacial score (nSPS) is 10.1. The molecule has 0 fully saturated rings. The first-order valence-corrected chi connectivity index (χ1v) is 7.14. The van der Waals surface area contributed by atoms with Crippen LogP contribution in [0.1, 0.15) is 15.4 Å². The van der Waals surface area contributed by atoms with Gasteiger partial charge in [0.2, 0.25) is 0 Å². The molecular formula is C12H10BrN3O3S. The van der Waals surface area contributed by atoms with Crippen LogP contribution in [0.15, 0.2) is 34.2 Å². The summed E-state index contributed by atoms with van der Waals surface area (Å²) in [5.74, 6) is -1.11. The molecule has 0 aliphatic carbocycles. The zero-order chi connectivity index (χ0) is 14.5. The van der Waals surface area contributed by atoms with Crippen molar-refractivity contribution in [2.24, 2.45) is 0 Å². The van der Waals surface area contributed by atoms with Crippen LogP contribution < -0.4 is 10.6 Å². The van der Waals surface area contributed by atoms with E-state index in [-0.39, 0.29) is 11.7 Å². The fourth-order valence-corrected chi connectivity index (χ4v) is 2.81. The lowest BCUT2D eigenvalue weighted by Crippen LogP contribution is -2.27. The molecule has 2 aromatic rings. The maximum atomic E-state index is 11.6. The van der Waals surface area contributed by atoms with E-state index in [4.69, 9.17) is 5.11 Å². The van der Waals surface area contributed by atoms with Gasteiger partial charge in [-0.2, -0.15) is 0 Å². The highest BCUT2D eigenvalue weighted by Gasteiger charge is 2.06. The molecule has 0 bridgehead atoms. The number of hydrogen-bond donors (Lipinski definition) is 3. The number of carbonyl (C=O) groups excluding carboxylic acids is 1. The average Bonchev–Trinajstić information content (AvgIpc) is 2.83. The second kappa shape index (κ2) is 6.49. The number of aromatic nitrogens is 1. The Labute approximate surface area is 127 Å². The van der Waals surface area contributed by atoms with E-state index in [2.05, 4.69) is 31.5 Å². The van der Waals surface area contributed by atoms with Crippen molar-refractivity contribution in [2.45, 2.75) is 6.54 Å². The van der Waals surface area contributed by atoms with Crippen LogP contribution in [0.25, 0.3) is 0 Å². The van der Waals surface area contributed by atoms with Gasteiger partial charge < -0.3 is 15.7 Å². The van der Waals surface area contributed by atoms with Crippen molar-refractivity contribution < 1.29 is 14.7 Å². The van der Waals surface area contributed by atoms with Crippen molar-refractivity contribution in [3.63, 3.8) is 0 Å². The van der Waals surface area contributed by atoms with Crippen molar-refractivity contribution in [1.29, 1.82) is 0 Å². The Balaban J connectivity index is 1.86. The number of nitrogens with one attached hydrogen (secondary N) is 2. The van der Waals surface area contributed by atoms with Crippen molar-refractivity contribution in [1.82, 2.24) is 10.3 Å². The Hall–Kier alpha value is -1.93. The van der Waals surface area contributed by atoms with E-state index in [0.29, 0.717) is 12.2 Å². The maximum absolute atomic E-state index is 11.6. The number of hydrogen-bond acceptors (Lipinski definition) is 4. The predicted molar refractivity (Wildman–Crippen MR) is 79.1 cm³/mol. The van der Waals surface area contributed by atoms with Gasteiger partial charge in [-0.1, -0.05) is 0 Å². The van der Waals surface area contributed by atoms with Crippen LogP contribution >= 0.6 is 27.3 Å². The molecule has 20 heavy (non-hydrogen) atoms. The second-order valence-corrected chi connectivity index (χ2v) is 6.30. The Bertz CT molecular complexity index is 627. The van der Waals surface area contributed by atoms with E-state index < -0.39 is 5.97 Å². The van der Waals surface area contributed by atoms with Crippen LogP contribution in [0.5, 0.6) is 0 Å². The standard InChI is InChI=1S/C12H10BrN3O3S/c13-10-4-2-8(20-10)6-15-12(19)16-7-1-3-9(11(17)18)14-5-7/h1-5H,6H2,(H,17,18)(H2,15,16,19). The lowest BCUT2D eigenvalue weighted by molar-refractivity contribution is 0.0690. The summed E-state index contributed by atoms with van der Waals surface area (Å²) in [6.07, 6.45) is 1.30. The summed E-state index contributed by atoms with van der Waals surface area (Å²) in [7, 11) is 0. The largest absolute Gasteiger partial charge is 0.477 e. The van der Waals surface area contributed by atoms with Gasteiger partial charge in [0.15, 0.2) is 0 Å². The van der Waals surface area contributed by atoms with E-state index in [9.17, 15) is 9.59 Å². The van der Waals surface area contributed by atoms with Gasteiger partial charge in [-0.3, -0.25) is 0 Å². The monoisotopic (exact) mass is 355 g/mol.